The molecule has 0 saturated carbocycles. The molecule has 0 saturated heterocycles. The molecule has 104 valence electrons. The van der Waals surface area contributed by atoms with E-state index < -0.39 is 11.9 Å². The molecular weight excluding hydrogens is 278 g/mol. The van der Waals surface area contributed by atoms with Crippen LogP contribution in [0.3, 0.4) is 0 Å². The van der Waals surface area contributed by atoms with E-state index >= 15 is 0 Å². The molecule has 0 aromatic carbocycles. The fourth-order valence-electron chi connectivity index (χ4n) is 1.67. The van der Waals surface area contributed by atoms with Gasteiger partial charge in [-0.15, -0.1) is 11.3 Å². The van der Waals surface area contributed by atoms with Gasteiger partial charge in [0.15, 0.2) is 5.13 Å². The van der Waals surface area contributed by atoms with E-state index in [2.05, 4.69) is 15.3 Å². The zero-order chi connectivity index (χ0) is 14.7. The van der Waals surface area contributed by atoms with E-state index in [9.17, 15) is 9.59 Å². The highest BCUT2D eigenvalue weighted by molar-refractivity contribution is 7.15. The number of carboxylic acid groups (broad SMARTS) is 1. The lowest BCUT2D eigenvalue weighted by Gasteiger charge is -2.02. The number of carboxylic acids is 1. The summed E-state index contributed by atoms with van der Waals surface area (Å²) in [6.45, 7) is 3.94. The Bertz CT molecular complexity index is 667. The number of aryl methyl sites for hydroxylation is 2. The molecule has 6 nitrogen and oxygen atoms in total. The van der Waals surface area contributed by atoms with Crippen LogP contribution < -0.4 is 5.32 Å². The molecule has 0 unspecified atom stereocenters. The molecule has 0 spiro atoms. The van der Waals surface area contributed by atoms with Crippen molar-refractivity contribution < 1.29 is 14.7 Å². The summed E-state index contributed by atoms with van der Waals surface area (Å²) >= 11 is 1.40. The highest BCUT2D eigenvalue weighted by Crippen LogP contribution is 2.22. The van der Waals surface area contributed by atoms with Gasteiger partial charge in [-0.1, -0.05) is 6.92 Å². The van der Waals surface area contributed by atoms with Crippen molar-refractivity contribution >= 4 is 28.3 Å². The van der Waals surface area contributed by atoms with E-state index in [4.69, 9.17) is 5.11 Å². The van der Waals surface area contributed by atoms with Gasteiger partial charge in [-0.2, -0.15) is 0 Å². The Labute approximate surface area is 119 Å². The fourth-order valence-corrected chi connectivity index (χ4v) is 2.56. The lowest BCUT2D eigenvalue weighted by Crippen LogP contribution is -2.13. The summed E-state index contributed by atoms with van der Waals surface area (Å²) < 4.78 is 0. The number of nitrogens with one attached hydrogen (secondary N) is 1. The maximum Gasteiger partial charge on any atom is 0.354 e. The van der Waals surface area contributed by atoms with Crippen molar-refractivity contribution in [3.8, 4) is 0 Å². The van der Waals surface area contributed by atoms with Crippen LogP contribution in [-0.4, -0.2) is 27.0 Å². The molecule has 0 aliphatic rings. The largest absolute Gasteiger partial charge is 0.477 e. The van der Waals surface area contributed by atoms with Crippen molar-refractivity contribution in [2.75, 3.05) is 5.32 Å². The number of hydrogen-bond acceptors (Lipinski definition) is 5. The molecule has 0 fully saturated rings. The number of aromatic nitrogens is 2. The minimum Gasteiger partial charge on any atom is -0.477 e. The van der Waals surface area contributed by atoms with Crippen LogP contribution in [0.5, 0.6) is 0 Å². The number of anilines is 1. The predicted molar refractivity (Wildman–Crippen MR) is 75.4 cm³/mol. The standard InChI is InChI=1S/C13H13N3O3S/c1-3-9-7(2)20-13(15-9)16-11(17)8-4-5-14-10(6-8)12(18)19/h4-6H,3H2,1-2H3,(H,18,19)(H,15,16,17). The van der Waals surface area contributed by atoms with E-state index in [-0.39, 0.29) is 11.3 Å². The van der Waals surface area contributed by atoms with Gasteiger partial charge >= 0.3 is 5.97 Å². The number of rotatable bonds is 4. The number of aromatic carboxylic acids is 1. The third-order valence-corrected chi connectivity index (χ3v) is 3.62. The van der Waals surface area contributed by atoms with Crippen molar-refractivity contribution in [2.45, 2.75) is 20.3 Å². The molecule has 1 amide bonds. The Balaban J connectivity index is 2.19. The fraction of sp³-hybridized carbons (Fsp3) is 0.231. The number of hydrogen-bond donors (Lipinski definition) is 2. The average Bonchev–Trinajstić information content (AvgIpc) is 2.78. The molecule has 20 heavy (non-hydrogen) atoms. The Morgan fingerprint density at radius 3 is 2.80 bits per heavy atom. The molecule has 0 bridgehead atoms. The molecule has 2 rings (SSSR count). The molecule has 2 aromatic heterocycles. The zero-order valence-corrected chi connectivity index (χ0v) is 11.8. The number of nitrogens with zero attached hydrogens (tertiary/aromatic N) is 2. The second-order valence-electron chi connectivity index (χ2n) is 4.06. The molecule has 2 N–H and O–H groups in total. The van der Waals surface area contributed by atoms with Gasteiger partial charge in [-0.25, -0.2) is 14.8 Å². The van der Waals surface area contributed by atoms with E-state index in [1.54, 1.807) is 0 Å². The van der Waals surface area contributed by atoms with Gasteiger partial charge in [0.2, 0.25) is 0 Å². The Morgan fingerprint density at radius 1 is 1.45 bits per heavy atom. The zero-order valence-electron chi connectivity index (χ0n) is 11.0. The smallest absolute Gasteiger partial charge is 0.354 e. The van der Waals surface area contributed by atoms with Crippen molar-refractivity contribution in [1.82, 2.24) is 9.97 Å². The van der Waals surface area contributed by atoms with E-state index in [0.717, 1.165) is 17.0 Å². The maximum atomic E-state index is 12.0. The van der Waals surface area contributed by atoms with Crippen LogP contribution in [-0.2, 0) is 6.42 Å². The lowest BCUT2D eigenvalue weighted by molar-refractivity contribution is 0.0690. The second kappa shape index (κ2) is 5.79. The van der Waals surface area contributed by atoms with Crippen LogP contribution in [0, 0.1) is 6.92 Å². The van der Waals surface area contributed by atoms with Crippen molar-refractivity contribution in [1.29, 1.82) is 0 Å². The van der Waals surface area contributed by atoms with Gasteiger partial charge in [-0.05, 0) is 25.5 Å². The first kappa shape index (κ1) is 14.1. The van der Waals surface area contributed by atoms with Gasteiger partial charge in [0.25, 0.3) is 5.91 Å². The quantitative estimate of drug-likeness (QED) is 0.902. The number of carbonyl (C=O) groups is 2. The minimum absolute atomic E-state index is 0.165. The van der Waals surface area contributed by atoms with Gasteiger partial charge in [0, 0.05) is 16.6 Å². The molecule has 0 radical (unpaired) electrons. The topological polar surface area (TPSA) is 92.2 Å². The SMILES string of the molecule is CCc1nc(NC(=O)c2ccnc(C(=O)O)c2)sc1C. The third kappa shape index (κ3) is 3.00. The van der Waals surface area contributed by atoms with E-state index in [1.807, 2.05) is 13.8 Å². The van der Waals surface area contributed by atoms with Gasteiger partial charge < -0.3 is 5.11 Å². The summed E-state index contributed by atoms with van der Waals surface area (Å²) in [6.07, 6.45) is 2.10. The van der Waals surface area contributed by atoms with E-state index in [0.29, 0.717) is 5.13 Å². The first-order valence-electron chi connectivity index (χ1n) is 5.98. The minimum atomic E-state index is -1.17. The Hall–Kier alpha value is -2.28. The summed E-state index contributed by atoms with van der Waals surface area (Å²) in [5.41, 5.74) is 1.02. The third-order valence-electron chi connectivity index (χ3n) is 2.69. The predicted octanol–water partition coefficient (Wildman–Crippen LogP) is 2.36. The van der Waals surface area contributed by atoms with Gasteiger partial charge in [-0.3, -0.25) is 10.1 Å². The highest BCUT2D eigenvalue weighted by atomic mass is 32.1. The second-order valence-corrected chi connectivity index (χ2v) is 5.27. The van der Waals surface area contributed by atoms with E-state index in [1.165, 1.54) is 29.7 Å². The monoisotopic (exact) mass is 291 g/mol. The summed E-state index contributed by atoms with van der Waals surface area (Å²) in [5.74, 6) is -1.57. The molecule has 0 atom stereocenters. The Kier molecular flexibility index (Phi) is 4.09. The number of amides is 1. The van der Waals surface area contributed by atoms with Crippen LogP contribution in [0.4, 0.5) is 5.13 Å². The normalized spacial score (nSPS) is 10.3. The van der Waals surface area contributed by atoms with Gasteiger partial charge in [0.05, 0.1) is 5.69 Å². The number of thiazole rings is 1. The molecule has 0 aliphatic carbocycles. The summed E-state index contributed by atoms with van der Waals surface area (Å²) in [7, 11) is 0. The Morgan fingerprint density at radius 2 is 2.20 bits per heavy atom. The molecule has 2 aromatic rings. The van der Waals surface area contributed by atoms with Crippen LogP contribution in [0.1, 0.15) is 38.3 Å². The van der Waals surface area contributed by atoms with Crippen molar-refractivity contribution in [3.05, 3.63) is 40.2 Å². The van der Waals surface area contributed by atoms with Crippen molar-refractivity contribution in [2.24, 2.45) is 0 Å². The summed E-state index contributed by atoms with van der Waals surface area (Å²) in [6, 6.07) is 2.70. The first-order valence-corrected chi connectivity index (χ1v) is 6.80. The lowest BCUT2D eigenvalue weighted by atomic mass is 10.2. The highest BCUT2D eigenvalue weighted by Gasteiger charge is 2.13. The first-order chi connectivity index (χ1) is 9.51. The molecule has 0 aliphatic heterocycles. The number of carbonyl (C=O) groups excluding carboxylic acids is 1. The maximum absolute atomic E-state index is 12.0. The van der Waals surface area contributed by atoms with Crippen molar-refractivity contribution in [3.63, 3.8) is 0 Å². The average molecular weight is 291 g/mol. The van der Waals surface area contributed by atoms with Crippen LogP contribution in [0.15, 0.2) is 18.3 Å². The van der Waals surface area contributed by atoms with Crippen LogP contribution in [0.2, 0.25) is 0 Å². The molecule has 2 heterocycles. The van der Waals surface area contributed by atoms with Gasteiger partial charge in [0.1, 0.15) is 5.69 Å². The van der Waals surface area contributed by atoms with Crippen LogP contribution in [0.25, 0.3) is 0 Å². The molecular formula is C13H13N3O3S. The van der Waals surface area contributed by atoms with Crippen LogP contribution >= 0.6 is 11.3 Å². The molecule has 7 heteroatoms. The summed E-state index contributed by atoms with van der Waals surface area (Å²) in [5, 5.41) is 12.0. The number of pyridine rings is 1. The summed E-state index contributed by atoms with van der Waals surface area (Å²) in [4.78, 5) is 31.9.